The number of nitrogens with one attached hydrogen (secondary N) is 1. The van der Waals surface area contributed by atoms with Crippen LogP contribution in [-0.4, -0.2) is 22.6 Å². The monoisotopic (exact) mass is 381 g/mol. The van der Waals surface area contributed by atoms with E-state index in [9.17, 15) is 9.46 Å². The quantitative estimate of drug-likeness (QED) is 0.616. The second-order valence-corrected chi connectivity index (χ2v) is 10.2. The maximum Gasteiger partial charge on any atom is 0.332 e. The van der Waals surface area contributed by atoms with Gasteiger partial charge in [-0.05, 0) is 63.0 Å². The van der Waals surface area contributed by atoms with Crippen LogP contribution in [0.15, 0.2) is 24.3 Å². The summed E-state index contributed by atoms with van der Waals surface area (Å²) in [6.45, 7) is 13.4. The summed E-state index contributed by atoms with van der Waals surface area (Å²) in [7, 11) is -3.61. The van der Waals surface area contributed by atoms with Gasteiger partial charge in [0, 0.05) is 11.1 Å². The number of hydrogen-bond donors (Lipinski definition) is 2. The van der Waals surface area contributed by atoms with Crippen LogP contribution < -0.4 is 5.32 Å². The zero-order valence-electron chi connectivity index (χ0n) is 17.2. The molecule has 0 saturated carbocycles. The van der Waals surface area contributed by atoms with E-state index in [-0.39, 0.29) is 23.8 Å². The van der Waals surface area contributed by atoms with E-state index in [2.05, 4.69) is 46.0 Å². The maximum absolute atomic E-state index is 12.4. The van der Waals surface area contributed by atoms with Gasteiger partial charge in [-0.25, -0.2) is 0 Å². The van der Waals surface area contributed by atoms with Gasteiger partial charge < -0.3 is 14.7 Å². The van der Waals surface area contributed by atoms with Crippen molar-refractivity contribution in [3.05, 3.63) is 35.4 Å². The highest BCUT2D eigenvalue weighted by molar-refractivity contribution is 7.51. The third-order valence-electron chi connectivity index (χ3n) is 6.54. The van der Waals surface area contributed by atoms with Gasteiger partial charge in [-0.15, -0.1) is 0 Å². The summed E-state index contributed by atoms with van der Waals surface area (Å²) >= 11 is 0. The highest BCUT2D eigenvalue weighted by Gasteiger charge is 2.47. The molecule has 2 rings (SSSR count). The number of piperidine rings is 1. The van der Waals surface area contributed by atoms with E-state index in [0.29, 0.717) is 11.8 Å². The standard InChI is InChI=1S/C21H36NO3P/c1-7-20(5)14-19(16(4)21(6,8-2)22-20)18-13-11-10-12-17(18)15-26(23,24)25-9-3/h10-13,16,19,22H,7-9,14-15H2,1-6H3,(H,23,24). The normalized spacial score (nSPS) is 34.4. The van der Waals surface area contributed by atoms with Gasteiger partial charge in [-0.2, -0.15) is 0 Å². The molecule has 0 amide bonds. The minimum absolute atomic E-state index is 0.0453. The Balaban J connectivity index is 2.44. The van der Waals surface area contributed by atoms with Crippen LogP contribution in [0.1, 0.15) is 77.8 Å². The van der Waals surface area contributed by atoms with Gasteiger partial charge in [0.1, 0.15) is 0 Å². The fourth-order valence-electron chi connectivity index (χ4n) is 4.49. The molecule has 5 atom stereocenters. The Labute approximate surface area is 159 Å². The van der Waals surface area contributed by atoms with E-state index >= 15 is 0 Å². The van der Waals surface area contributed by atoms with Gasteiger partial charge >= 0.3 is 7.60 Å². The van der Waals surface area contributed by atoms with Crippen LogP contribution in [0.25, 0.3) is 0 Å². The molecule has 2 N–H and O–H groups in total. The molecule has 5 unspecified atom stereocenters. The third-order valence-corrected chi connectivity index (χ3v) is 7.94. The predicted molar refractivity (Wildman–Crippen MR) is 109 cm³/mol. The number of hydrogen-bond acceptors (Lipinski definition) is 3. The highest BCUT2D eigenvalue weighted by atomic mass is 31.2. The Morgan fingerprint density at radius 2 is 1.88 bits per heavy atom. The summed E-state index contributed by atoms with van der Waals surface area (Å²) in [5.74, 6) is 0.780. The molecule has 1 aromatic rings. The van der Waals surface area contributed by atoms with Gasteiger partial charge in [-0.1, -0.05) is 45.0 Å². The topological polar surface area (TPSA) is 58.6 Å². The molecular formula is C21H36NO3P. The first kappa shape index (κ1) is 21.6. The van der Waals surface area contributed by atoms with Crippen LogP contribution in [0.3, 0.4) is 0 Å². The lowest BCUT2D eigenvalue weighted by molar-refractivity contribution is 0.0705. The molecule has 5 heteroatoms. The molecule has 1 aromatic carbocycles. The van der Waals surface area contributed by atoms with Gasteiger partial charge in [-0.3, -0.25) is 4.57 Å². The molecule has 1 fully saturated rings. The van der Waals surface area contributed by atoms with Crippen molar-refractivity contribution in [3.8, 4) is 0 Å². The van der Waals surface area contributed by atoms with E-state index in [4.69, 9.17) is 4.52 Å². The molecule has 148 valence electrons. The van der Waals surface area contributed by atoms with Gasteiger partial charge in [0.25, 0.3) is 0 Å². The molecule has 0 radical (unpaired) electrons. The van der Waals surface area contributed by atoms with Gasteiger partial charge in [0.2, 0.25) is 0 Å². The molecule has 26 heavy (non-hydrogen) atoms. The Bertz CT molecular complexity index is 664. The van der Waals surface area contributed by atoms with Crippen molar-refractivity contribution < 1.29 is 14.0 Å². The first-order valence-corrected chi connectivity index (χ1v) is 11.7. The van der Waals surface area contributed by atoms with Crippen LogP contribution >= 0.6 is 7.60 Å². The molecular weight excluding hydrogens is 345 g/mol. The van der Waals surface area contributed by atoms with Crippen molar-refractivity contribution in [1.29, 1.82) is 0 Å². The second kappa shape index (κ2) is 8.14. The average molecular weight is 381 g/mol. The van der Waals surface area contributed by atoms with Crippen molar-refractivity contribution in [2.75, 3.05) is 6.61 Å². The lowest BCUT2D eigenvalue weighted by Gasteiger charge is -2.54. The minimum atomic E-state index is -3.61. The van der Waals surface area contributed by atoms with Crippen molar-refractivity contribution in [2.45, 2.75) is 84.0 Å². The van der Waals surface area contributed by atoms with Crippen LogP contribution in [0.5, 0.6) is 0 Å². The number of benzene rings is 1. The highest BCUT2D eigenvalue weighted by Crippen LogP contribution is 2.50. The second-order valence-electron chi connectivity index (χ2n) is 8.32. The molecule has 1 saturated heterocycles. The Kier molecular flexibility index (Phi) is 6.77. The molecule has 0 aliphatic carbocycles. The van der Waals surface area contributed by atoms with E-state index in [1.165, 1.54) is 5.56 Å². The van der Waals surface area contributed by atoms with Crippen LogP contribution in [-0.2, 0) is 15.3 Å². The van der Waals surface area contributed by atoms with Gasteiger partial charge in [0.15, 0.2) is 0 Å². The summed E-state index contributed by atoms with van der Waals surface area (Å²) in [5.41, 5.74) is 2.26. The molecule has 0 aromatic heterocycles. The third kappa shape index (κ3) is 4.59. The van der Waals surface area contributed by atoms with Crippen LogP contribution in [0, 0.1) is 5.92 Å². The van der Waals surface area contributed by atoms with Crippen molar-refractivity contribution in [3.63, 3.8) is 0 Å². The smallest absolute Gasteiger partial charge is 0.324 e. The average Bonchev–Trinajstić information content (AvgIpc) is 2.58. The molecule has 1 aliphatic heterocycles. The Morgan fingerprint density at radius 3 is 2.46 bits per heavy atom. The summed E-state index contributed by atoms with van der Waals surface area (Å²) < 4.78 is 17.5. The molecule has 0 bridgehead atoms. The minimum Gasteiger partial charge on any atom is -0.324 e. The lowest BCUT2D eigenvalue weighted by atomic mass is 9.63. The first-order chi connectivity index (χ1) is 12.1. The zero-order valence-corrected chi connectivity index (χ0v) is 18.1. The fraction of sp³-hybridized carbons (Fsp3) is 0.714. The summed E-state index contributed by atoms with van der Waals surface area (Å²) in [6, 6.07) is 8.12. The zero-order chi connectivity index (χ0) is 19.6. The molecule has 1 heterocycles. The summed E-state index contributed by atoms with van der Waals surface area (Å²) in [5, 5.41) is 3.91. The summed E-state index contributed by atoms with van der Waals surface area (Å²) in [6.07, 6.45) is 3.23. The number of rotatable bonds is 7. The predicted octanol–water partition coefficient (Wildman–Crippen LogP) is 5.46. The fourth-order valence-corrected chi connectivity index (χ4v) is 5.70. The van der Waals surface area contributed by atoms with E-state index in [0.717, 1.165) is 24.8 Å². The lowest BCUT2D eigenvalue weighted by Crippen LogP contribution is -2.63. The molecule has 0 spiro atoms. The van der Waals surface area contributed by atoms with E-state index < -0.39 is 7.60 Å². The van der Waals surface area contributed by atoms with Crippen molar-refractivity contribution in [2.24, 2.45) is 5.92 Å². The first-order valence-electron chi connectivity index (χ1n) is 9.93. The largest absolute Gasteiger partial charge is 0.332 e. The summed E-state index contributed by atoms with van der Waals surface area (Å²) in [4.78, 5) is 10.2. The van der Waals surface area contributed by atoms with Gasteiger partial charge in [0.05, 0.1) is 12.8 Å². The van der Waals surface area contributed by atoms with Crippen LogP contribution in [0.2, 0.25) is 0 Å². The Morgan fingerprint density at radius 1 is 1.23 bits per heavy atom. The Hall–Kier alpha value is -0.670. The van der Waals surface area contributed by atoms with Crippen LogP contribution in [0.4, 0.5) is 0 Å². The SMILES string of the molecule is CCOP(=O)(O)Cc1ccccc1C1CC(C)(CC)NC(C)(CC)C1C. The van der Waals surface area contributed by atoms with Crippen molar-refractivity contribution >= 4 is 7.60 Å². The molecule has 1 aliphatic rings. The maximum atomic E-state index is 12.4. The molecule has 4 nitrogen and oxygen atoms in total. The van der Waals surface area contributed by atoms with E-state index in [1.54, 1.807) is 6.92 Å². The van der Waals surface area contributed by atoms with Crippen molar-refractivity contribution in [1.82, 2.24) is 5.32 Å². The van der Waals surface area contributed by atoms with E-state index in [1.807, 2.05) is 18.2 Å².